The topological polar surface area (TPSA) is 91.7 Å². The van der Waals surface area contributed by atoms with E-state index in [4.69, 9.17) is 10.2 Å². The van der Waals surface area contributed by atoms with Crippen LogP contribution in [0.1, 0.15) is 20.8 Å². The highest BCUT2D eigenvalue weighted by Gasteiger charge is 2.03. The molecular formula is C12H16O5. The molecule has 94 valence electrons. The summed E-state index contributed by atoms with van der Waals surface area (Å²) in [5.41, 5.74) is 0.540. The number of carbonyl (C=O) groups is 3. The van der Waals surface area contributed by atoms with Gasteiger partial charge in [0.2, 0.25) is 0 Å². The van der Waals surface area contributed by atoms with Crippen LogP contribution in [0.2, 0.25) is 0 Å². The third-order valence-electron chi connectivity index (χ3n) is 1.47. The molecule has 0 unspecified atom stereocenters. The van der Waals surface area contributed by atoms with E-state index in [2.05, 4.69) is 13.2 Å². The molecule has 0 aliphatic carbocycles. The Morgan fingerprint density at radius 3 is 1.41 bits per heavy atom. The predicted octanol–water partition coefficient (Wildman–Crippen LogP) is 1.81. The summed E-state index contributed by atoms with van der Waals surface area (Å²) in [7, 11) is 0. The lowest BCUT2D eigenvalue weighted by molar-refractivity contribution is -0.133. The number of carboxylic acids is 2. The largest absolute Gasteiger partial charge is 0.478 e. The van der Waals surface area contributed by atoms with Crippen LogP contribution in [0.5, 0.6) is 0 Å². The van der Waals surface area contributed by atoms with Crippen molar-refractivity contribution in [1.82, 2.24) is 0 Å². The molecule has 0 aromatic heterocycles. The lowest BCUT2D eigenvalue weighted by Crippen LogP contribution is -2.01. The molecular weight excluding hydrogens is 224 g/mol. The molecule has 0 amide bonds. The molecule has 0 heterocycles. The van der Waals surface area contributed by atoms with E-state index >= 15 is 0 Å². The van der Waals surface area contributed by atoms with Crippen molar-refractivity contribution in [3.63, 3.8) is 0 Å². The van der Waals surface area contributed by atoms with Crippen molar-refractivity contribution < 1.29 is 24.6 Å². The summed E-state index contributed by atoms with van der Waals surface area (Å²) in [6.07, 6.45) is 1.06. The average molecular weight is 240 g/mol. The quantitative estimate of drug-likeness (QED) is 0.731. The number of allylic oxidation sites excluding steroid dienone is 2. The van der Waals surface area contributed by atoms with E-state index in [0.717, 1.165) is 6.08 Å². The van der Waals surface area contributed by atoms with Gasteiger partial charge in [0, 0.05) is 11.1 Å². The van der Waals surface area contributed by atoms with Gasteiger partial charge in [-0.2, -0.15) is 0 Å². The maximum Gasteiger partial charge on any atom is 0.331 e. The number of hydrogen-bond donors (Lipinski definition) is 2. The number of aliphatic carboxylic acids is 2. The maximum atomic E-state index is 10.8. The number of hydrogen-bond acceptors (Lipinski definition) is 3. The highest BCUT2D eigenvalue weighted by Crippen LogP contribution is 1.97. The number of ketones is 1. The van der Waals surface area contributed by atoms with Gasteiger partial charge in [-0.05, 0) is 32.4 Å². The summed E-state index contributed by atoms with van der Waals surface area (Å²) in [6.45, 7) is 10.9. The standard InChI is InChI=1S/C8H10O3.C4H6O2/c1-5(2)7(9)4-6(3)8(10)11;1-3(2)4(5)6/h4H,1H2,2-3H3,(H,10,11);1H2,2H3,(H,5,6). The molecule has 0 atom stereocenters. The van der Waals surface area contributed by atoms with Crippen molar-refractivity contribution in [2.75, 3.05) is 0 Å². The van der Waals surface area contributed by atoms with Gasteiger partial charge in [0.25, 0.3) is 0 Å². The monoisotopic (exact) mass is 240 g/mol. The van der Waals surface area contributed by atoms with Gasteiger partial charge in [-0.1, -0.05) is 13.2 Å². The summed E-state index contributed by atoms with van der Waals surface area (Å²) < 4.78 is 0. The minimum absolute atomic E-state index is 0.0259. The van der Waals surface area contributed by atoms with Crippen LogP contribution in [0.15, 0.2) is 36.0 Å². The molecule has 0 radical (unpaired) electrons. The van der Waals surface area contributed by atoms with Crippen LogP contribution in [0.4, 0.5) is 0 Å². The molecule has 17 heavy (non-hydrogen) atoms. The van der Waals surface area contributed by atoms with Crippen LogP contribution >= 0.6 is 0 Å². The molecule has 0 bridgehead atoms. The molecule has 0 aromatic rings. The van der Waals surface area contributed by atoms with Gasteiger partial charge in [-0.3, -0.25) is 4.79 Å². The summed E-state index contributed by atoms with van der Waals surface area (Å²) >= 11 is 0. The molecule has 0 aromatic carbocycles. The fraction of sp³-hybridized carbons (Fsp3) is 0.250. The van der Waals surface area contributed by atoms with Gasteiger partial charge in [0.15, 0.2) is 5.78 Å². The Bertz CT molecular complexity index is 376. The fourth-order valence-corrected chi connectivity index (χ4v) is 0.382. The summed E-state index contributed by atoms with van der Waals surface area (Å²) in [5.74, 6) is -2.36. The molecule has 0 rings (SSSR count). The number of carboxylic acid groups (broad SMARTS) is 2. The highest BCUT2D eigenvalue weighted by molar-refractivity contribution is 6.07. The van der Waals surface area contributed by atoms with Crippen LogP contribution < -0.4 is 0 Å². The van der Waals surface area contributed by atoms with E-state index < -0.39 is 11.9 Å². The van der Waals surface area contributed by atoms with Crippen LogP contribution in [0, 0.1) is 0 Å². The van der Waals surface area contributed by atoms with Gasteiger partial charge in [0.05, 0.1) is 0 Å². The second kappa shape index (κ2) is 8.04. The van der Waals surface area contributed by atoms with Crippen LogP contribution in [0.25, 0.3) is 0 Å². The van der Waals surface area contributed by atoms with Crippen LogP contribution in [0.3, 0.4) is 0 Å². The molecule has 5 nitrogen and oxygen atoms in total. The second-order valence-corrected chi connectivity index (χ2v) is 3.36. The molecule has 0 aliphatic rings. The van der Waals surface area contributed by atoms with Crippen molar-refractivity contribution in [3.05, 3.63) is 36.0 Å². The first-order valence-corrected chi connectivity index (χ1v) is 4.59. The Morgan fingerprint density at radius 1 is 0.882 bits per heavy atom. The van der Waals surface area contributed by atoms with E-state index in [1.807, 2.05) is 0 Å². The smallest absolute Gasteiger partial charge is 0.331 e. The lowest BCUT2D eigenvalue weighted by atomic mass is 10.1. The van der Waals surface area contributed by atoms with E-state index in [0.29, 0.717) is 5.57 Å². The first-order valence-electron chi connectivity index (χ1n) is 4.59. The van der Waals surface area contributed by atoms with Gasteiger partial charge in [0.1, 0.15) is 0 Å². The normalized spacial score (nSPS) is 9.71. The van der Waals surface area contributed by atoms with Gasteiger partial charge in [-0.15, -0.1) is 0 Å². The van der Waals surface area contributed by atoms with Crippen LogP contribution in [-0.4, -0.2) is 27.9 Å². The molecule has 0 fully saturated rings. The zero-order chi connectivity index (χ0) is 14.2. The zero-order valence-corrected chi connectivity index (χ0v) is 10.1. The molecule has 0 aliphatic heterocycles. The minimum atomic E-state index is -1.08. The third kappa shape index (κ3) is 10.1. The molecule has 5 heteroatoms. The maximum absolute atomic E-state index is 10.8. The van der Waals surface area contributed by atoms with E-state index in [9.17, 15) is 14.4 Å². The second-order valence-electron chi connectivity index (χ2n) is 3.36. The van der Waals surface area contributed by atoms with Gasteiger partial charge < -0.3 is 10.2 Å². The minimum Gasteiger partial charge on any atom is -0.478 e. The van der Waals surface area contributed by atoms with Crippen molar-refractivity contribution in [2.24, 2.45) is 0 Å². The first-order chi connectivity index (χ1) is 7.59. The SMILES string of the molecule is C=C(C)C(=O)C=C(C)C(=O)O.C=C(C)C(=O)O. The lowest BCUT2D eigenvalue weighted by Gasteiger charge is -1.92. The van der Waals surface area contributed by atoms with E-state index in [1.165, 1.54) is 20.8 Å². The third-order valence-corrected chi connectivity index (χ3v) is 1.47. The van der Waals surface area contributed by atoms with Crippen molar-refractivity contribution in [1.29, 1.82) is 0 Å². The number of carbonyl (C=O) groups excluding carboxylic acids is 1. The highest BCUT2D eigenvalue weighted by atomic mass is 16.4. The Kier molecular flexibility index (Phi) is 8.15. The van der Waals surface area contributed by atoms with Gasteiger partial charge in [-0.25, -0.2) is 9.59 Å². The van der Waals surface area contributed by atoms with E-state index in [-0.39, 0.29) is 16.9 Å². The summed E-state index contributed by atoms with van der Waals surface area (Å²) in [6, 6.07) is 0. The average Bonchev–Trinajstić information content (AvgIpc) is 2.17. The molecule has 0 spiro atoms. The Morgan fingerprint density at radius 2 is 1.24 bits per heavy atom. The molecule has 0 saturated carbocycles. The first kappa shape index (κ1) is 17.2. The van der Waals surface area contributed by atoms with Crippen LogP contribution in [-0.2, 0) is 14.4 Å². The molecule has 2 N–H and O–H groups in total. The Hall–Kier alpha value is -2.17. The molecule has 0 saturated heterocycles. The fourth-order valence-electron chi connectivity index (χ4n) is 0.382. The van der Waals surface area contributed by atoms with Crippen molar-refractivity contribution >= 4 is 17.7 Å². The van der Waals surface area contributed by atoms with E-state index in [1.54, 1.807) is 0 Å². The van der Waals surface area contributed by atoms with Crippen molar-refractivity contribution in [2.45, 2.75) is 20.8 Å². The summed E-state index contributed by atoms with van der Waals surface area (Å²) in [4.78, 5) is 30.6. The van der Waals surface area contributed by atoms with Crippen molar-refractivity contribution in [3.8, 4) is 0 Å². The Balaban J connectivity index is 0. The zero-order valence-electron chi connectivity index (χ0n) is 10.1. The predicted molar refractivity (Wildman–Crippen MR) is 63.7 cm³/mol. The Labute approximate surface area is 99.8 Å². The summed E-state index contributed by atoms with van der Waals surface area (Å²) in [5, 5.41) is 16.3. The van der Waals surface area contributed by atoms with Gasteiger partial charge >= 0.3 is 11.9 Å². The number of rotatable bonds is 4.